The third-order valence-corrected chi connectivity index (χ3v) is 4.20. The van der Waals surface area contributed by atoms with E-state index >= 15 is 0 Å². The van der Waals surface area contributed by atoms with Crippen molar-refractivity contribution in [3.8, 4) is 6.07 Å². The molecule has 22 heavy (non-hydrogen) atoms. The Labute approximate surface area is 131 Å². The predicted molar refractivity (Wildman–Crippen MR) is 89.0 cm³/mol. The van der Waals surface area contributed by atoms with Gasteiger partial charge in [-0.15, -0.1) is 0 Å². The molecule has 4 heteroatoms. The van der Waals surface area contributed by atoms with Crippen LogP contribution in [-0.4, -0.2) is 25.6 Å². The van der Waals surface area contributed by atoms with Crippen molar-refractivity contribution in [1.29, 1.82) is 5.26 Å². The van der Waals surface area contributed by atoms with Crippen LogP contribution in [-0.2, 0) is 0 Å². The molecule has 1 aromatic carbocycles. The summed E-state index contributed by atoms with van der Waals surface area (Å²) in [5.74, 6) is 0.808. The lowest BCUT2D eigenvalue weighted by Gasteiger charge is -2.27. The Morgan fingerprint density at radius 2 is 2.14 bits per heavy atom. The largest absolute Gasteiger partial charge is 0.378 e. The van der Waals surface area contributed by atoms with Gasteiger partial charge in [-0.05, 0) is 42.7 Å². The van der Waals surface area contributed by atoms with Gasteiger partial charge in [0.15, 0.2) is 0 Å². The fourth-order valence-electron chi connectivity index (χ4n) is 3.09. The molecule has 1 aliphatic rings. The zero-order chi connectivity index (χ0) is 15.5. The van der Waals surface area contributed by atoms with Gasteiger partial charge < -0.3 is 9.80 Å². The number of nitriles is 1. The third-order valence-electron chi connectivity index (χ3n) is 4.20. The first-order chi connectivity index (χ1) is 10.7. The molecule has 0 spiro atoms. The van der Waals surface area contributed by atoms with Gasteiger partial charge in [0.2, 0.25) is 0 Å². The van der Waals surface area contributed by atoms with Gasteiger partial charge in [-0.25, -0.2) is 4.98 Å². The quantitative estimate of drug-likeness (QED) is 0.870. The van der Waals surface area contributed by atoms with Crippen molar-refractivity contribution in [2.45, 2.75) is 18.9 Å². The van der Waals surface area contributed by atoms with Gasteiger partial charge in [0.1, 0.15) is 11.9 Å². The smallest absolute Gasteiger partial charge is 0.146 e. The van der Waals surface area contributed by atoms with Crippen LogP contribution in [0.5, 0.6) is 0 Å². The highest BCUT2D eigenvalue weighted by molar-refractivity contribution is 5.57. The van der Waals surface area contributed by atoms with Gasteiger partial charge >= 0.3 is 0 Å². The minimum absolute atomic E-state index is 0.293. The molecule has 4 nitrogen and oxygen atoms in total. The van der Waals surface area contributed by atoms with Crippen molar-refractivity contribution in [3.63, 3.8) is 0 Å². The molecule has 0 unspecified atom stereocenters. The average Bonchev–Trinajstić information content (AvgIpc) is 3.04. The van der Waals surface area contributed by atoms with E-state index in [1.807, 2.05) is 12.1 Å². The summed E-state index contributed by atoms with van der Waals surface area (Å²) in [6.45, 7) is 0.947. The molecular weight excluding hydrogens is 272 g/mol. The van der Waals surface area contributed by atoms with Crippen molar-refractivity contribution in [2.24, 2.45) is 0 Å². The molecule has 3 rings (SSSR count). The molecular formula is C18H20N4. The van der Waals surface area contributed by atoms with E-state index in [1.165, 1.54) is 11.3 Å². The van der Waals surface area contributed by atoms with Gasteiger partial charge in [0.25, 0.3) is 0 Å². The Kier molecular flexibility index (Phi) is 3.97. The maximum atomic E-state index is 9.33. The molecule has 0 bridgehead atoms. The Hall–Kier alpha value is -2.54. The lowest BCUT2D eigenvalue weighted by Crippen LogP contribution is -2.24. The van der Waals surface area contributed by atoms with E-state index in [4.69, 9.17) is 0 Å². The second kappa shape index (κ2) is 6.07. The number of rotatable bonds is 3. The normalized spacial score (nSPS) is 17.3. The molecule has 1 saturated heterocycles. The van der Waals surface area contributed by atoms with E-state index in [9.17, 15) is 5.26 Å². The minimum atomic E-state index is 0.293. The van der Waals surface area contributed by atoms with Crippen LogP contribution in [0.4, 0.5) is 11.5 Å². The molecule has 2 heterocycles. The topological polar surface area (TPSA) is 43.2 Å². The van der Waals surface area contributed by atoms with Crippen LogP contribution in [0, 0.1) is 11.3 Å². The first-order valence-corrected chi connectivity index (χ1v) is 7.60. The van der Waals surface area contributed by atoms with Crippen LogP contribution in [0.15, 0.2) is 42.6 Å². The SMILES string of the molecule is CN(C)c1cccc([C@H]2CCCN2c2ncccc2C#N)c1. The fourth-order valence-corrected chi connectivity index (χ4v) is 3.09. The second-order valence-corrected chi connectivity index (χ2v) is 5.83. The van der Waals surface area contributed by atoms with Gasteiger partial charge in [0.05, 0.1) is 11.6 Å². The number of hydrogen-bond acceptors (Lipinski definition) is 4. The van der Waals surface area contributed by atoms with Crippen LogP contribution in [0.3, 0.4) is 0 Å². The minimum Gasteiger partial charge on any atom is -0.378 e. The second-order valence-electron chi connectivity index (χ2n) is 5.83. The Morgan fingerprint density at radius 1 is 1.27 bits per heavy atom. The van der Waals surface area contributed by atoms with E-state index in [0.717, 1.165) is 25.2 Å². The fraction of sp³-hybridized carbons (Fsp3) is 0.333. The van der Waals surface area contributed by atoms with Crippen molar-refractivity contribution >= 4 is 11.5 Å². The molecule has 1 aromatic heterocycles. The molecule has 0 N–H and O–H groups in total. The summed E-state index contributed by atoms with van der Waals surface area (Å²) < 4.78 is 0. The predicted octanol–water partition coefficient (Wildman–Crippen LogP) is 3.36. The van der Waals surface area contributed by atoms with Gasteiger partial charge in [0, 0.05) is 32.5 Å². The van der Waals surface area contributed by atoms with Crippen LogP contribution >= 0.6 is 0 Å². The molecule has 112 valence electrons. The summed E-state index contributed by atoms with van der Waals surface area (Å²) in [4.78, 5) is 8.84. The zero-order valence-corrected chi connectivity index (χ0v) is 13.0. The summed E-state index contributed by atoms with van der Waals surface area (Å²) in [6.07, 6.45) is 3.98. The Morgan fingerprint density at radius 3 is 2.91 bits per heavy atom. The maximum Gasteiger partial charge on any atom is 0.146 e. The maximum absolute atomic E-state index is 9.33. The number of hydrogen-bond donors (Lipinski definition) is 0. The first-order valence-electron chi connectivity index (χ1n) is 7.60. The Balaban J connectivity index is 1.97. The van der Waals surface area contributed by atoms with E-state index in [1.54, 1.807) is 6.20 Å². The van der Waals surface area contributed by atoms with Crippen molar-refractivity contribution in [1.82, 2.24) is 4.98 Å². The van der Waals surface area contributed by atoms with Gasteiger partial charge in [-0.1, -0.05) is 12.1 Å². The van der Waals surface area contributed by atoms with Gasteiger partial charge in [-0.3, -0.25) is 0 Å². The molecule has 0 amide bonds. The van der Waals surface area contributed by atoms with E-state index in [0.29, 0.717) is 11.6 Å². The van der Waals surface area contributed by atoms with Gasteiger partial charge in [-0.2, -0.15) is 5.26 Å². The molecule has 1 aliphatic heterocycles. The molecule has 1 atom stereocenters. The summed E-state index contributed by atoms with van der Waals surface area (Å²) >= 11 is 0. The lowest BCUT2D eigenvalue weighted by atomic mass is 10.0. The zero-order valence-electron chi connectivity index (χ0n) is 13.0. The summed E-state index contributed by atoms with van der Waals surface area (Å²) in [5, 5.41) is 9.33. The molecule has 0 radical (unpaired) electrons. The first kappa shape index (κ1) is 14.4. The molecule has 0 saturated carbocycles. The molecule has 0 aliphatic carbocycles. The summed E-state index contributed by atoms with van der Waals surface area (Å²) in [7, 11) is 4.11. The average molecular weight is 292 g/mol. The highest BCUT2D eigenvalue weighted by Gasteiger charge is 2.28. The Bertz CT molecular complexity index is 702. The summed E-state index contributed by atoms with van der Waals surface area (Å²) in [6, 6.07) is 14.8. The number of nitrogens with zero attached hydrogens (tertiary/aromatic N) is 4. The number of pyridine rings is 1. The van der Waals surface area contributed by atoms with E-state index < -0.39 is 0 Å². The highest BCUT2D eigenvalue weighted by Crippen LogP contribution is 2.37. The van der Waals surface area contributed by atoms with Crippen LogP contribution < -0.4 is 9.80 Å². The van der Waals surface area contributed by atoms with Crippen molar-refractivity contribution in [2.75, 3.05) is 30.4 Å². The van der Waals surface area contributed by atoms with Crippen LogP contribution in [0.2, 0.25) is 0 Å². The van der Waals surface area contributed by atoms with Crippen LogP contribution in [0.25, 0.3) is 0 Å². The standard InChI is InChI=1S/C18H20N4/c1-21(2)16-8-3-6-14(12-16)17-9-5-11-22(17)18-15(13-19)7-4-10-20-18/h3-4,6-8,10,12,17H,5,9,11H2,1-2H3/t17-/m1/s1. The number of aromatic nitrogens is 1. The van der Waals surface area contributed by atoms with Crippen molar-refractivity contribution < 1.29 is 0 Å². The van der Waals surface area contributed by atoms with E-state index in [2.05, 4.69) is 59.2 Å². The lowest BCUT2D eigenvalue weighted by molar-refractivity contribution is 0.711. The van der Waals surface area contributed by atoms with Crippen molar-refractivity contribution in [3.05, 3.63) is 53.7 Å². The third kappa shape index (κ3) is 2.62. The monoisotopic (exact) mass is 292 g/mol. The molecule has 1 fully saturated rings. The van der Waals surface area contributed by atoms with E-state index in [-0.39, 0.29) is 0 Å². The summed E-state index contributed by atoms with van der Waals surface area (Å²) in [5.41, 5.74) is 3.14. The number of benzene rings is 1. The highest BCUT2D eigenvalue weighted by atomic mass is 15.2. The number of anilines is 2. The molecule has 2 aromatic rings. The van der Waals surface area contributed by atoms with Crippen LogP contribution in [0.1, 0.15) is 30.0 Å².